The SMILES string of the molecule is COc1ccc(COCC#CCC2CC(=O)N2[Si](C)(C)C(C)(C)C)cc1. The van der Waals surface area contributed by atoms with Crippen LogP contribution in [-0.2, 0) is 16.1 Å². The molecule has 5 heteroatoms. The van der Waals surface area contributed by atoms with E-state index in [9.17, 15) is 4.79 Å². The molecule has 26 heavy (non-hydrogen) atoms. The van der Waals surface area contributed by atoms with E-state index in [0.29, 0.717) is 25.5 Å². The Hall–Kier alpha value is -1.77. The predicted octanol–water partition coefficient (Wildman–Crippen LogP) is 4.21. The Labute approximate surface area is 159 Å². The summed E-state index contributed by atoms with van der Waals surface area (Å²) in [6.45, 7) is 12.2. The highest BCUT2D eigenvalue weighted by Crippen LogP contribution is 2.43. The van der Waals surface area contributed by atoms with E-state index in [0.717, 1.165) is 17.7 Å². The van der Waals surface area contributed by atoms with Gasteiger partial charge in [0.1, 0.15) is 12.4 Å². The maximum absolute atomic E-state index is 12.2. The summed E-state index contributed by atoms with van der Waals surface area (Å²) in [6.07, 6.45) is 1.37. The van der Waals surface area contributed by atoms with Crippen molar-refractivity contribution in [2.24, 2.45) is 0 Å². The average Bonchev–Trinajstić information content (AvgIpc) is 2.55. The number of β-lactam (4-membered cyclic amide) rings is 1. The summed E-state index contributed by atoms with van der Waals surface area (Å²) < 4.78 is 12.9. The Morgan fingerprint density at radius 3 is 2.38 bits per heavy atom. The van der Waals surface area contributed by atoms with Gasteiger partial charge in [0.2, 0.25) is 5.91 Å². The van der Waals surface area contributed by atoms with Crippen LogP contribution in [0.15, 0.2) is 24.3 Å². The van der Waals surface area contributed by atoms with Crippen molar-refractivity contribution in [2.45, 2.75) is 64.4 Å². The summed E-state index contributed by atoms with van der Waals surface area (Å²) in [7, 11) is -0.145. The van der Waals surface area contributed by atoms with Crippen LogP contribution < -0.4 is 4.74 Å². The first-order chi connectivity index (χ1) is 12.2. The second-order valence-electron chi connectivity index (χ2n) is 8.33. The van der Waals surface area contributed by atoms with Gasteiger partial charge in [0.05, 0.1) is 13.7 Å². The first-order valence-corrected chi connectivity index (χ1v) is 12.1. The Morgan fingerprint density at radius 2 is 1.85 bits per heavy atom. The highest BCUT2D eigenvalue weighted by Gasteiger charge is 2.51. The number of hydrogen-bond acceptors (Lipinski definition) is 3. The van der Waals surface area contributed by atoms with E-state index >= 15 is 0 Å². The molecule has 0 aliphatic carbocycles. The molecule has 0 N–H and O–H groups in total. The van der Waals surface area contributed by atoms with E-state index in [1.807, 2.05) is 24.3 Å². The lowest BCUT2D eigenvalue weighted by atomic mass is 10.0. The van der Waals surface area contributed by atoms with Gasteiger partial charge >= 0.3 is 0 Å². The van der Waals surface area contributed by atoms with Crippen molar-refractivity contribution >= 4 is 14.1 Å². The number of ether oxygens (including phenoxy) is 2. The van der Waals surface area contributed by atoms with Crippen LogP contribution in [0.5, 0.6) is 5.75 Å². The third-order valence-electron chi connectivity index (χ3n) is 5.55. The monoisotopic (exact) mass is 373 g/mol. The van der Waals surface area contributed by atoms with Gasteiger partial charge < -0.3 is 14.0 Å². The second-order valence-corrected chi connectivity index (χ2v) is 13.4. The van der Waals surface area contributed by atoms with Gasteiger partial charge in [-0.25, -0.2) is 0 Å². The molecule has 1 aliphatic heterocycles. The number of amides is 1. The first-order valence-electron chi connectivity index (χ1n) is 9.15. The maximum Gasteiger partial charge on any atom is 0.217 e. The predicted molar refractivity (Wildman–Crippen MR) is 107 cm³/mol. The number of carbonyl (C=O) groups excluding carboxylic acids is 1. The van der Waals surface area contributed by atoms with Gasteiger partial charge in [-0.05, 0) is 22.7 Å². The summed E-state index contributed by atoms with van der Waals surface area (Å²) in [6, 6.07) is 8.10. The van der Waals surface area contributed by atoms with Crippen molar-refractivity contribution in [2.75, 3.05) is 13.7 Å². The van der Waals surface area contributed by atoms with Crippen molar-refractivity contribution in [1.29, 1.82) is 0 Å². The molecule has 1 aliphatic rings. The minimum Gasteiger partial charge on any atom is -0.497 e. The fourth-order valence-corrected chi connectivity index (χ4v) is 5.49. The number of methoxy groups -OCH3 is 1. The lowest BCUT2D eigenvalue weighted by Crippen LogP contribution is -2.67. The van der Waals surface area contributed by atoms with Crippen molar-refractivity contribution in [1.82, 2.24) is 4.57 Å². The Morgan fingerprint density at radius 1 is 1.19 bits per heavy atom. The number of rotatable bonds is 6. The lowest BCUT2D eigenvalue weighted by Gasteiger charge is -2.54. The van der Waals surface area contributed by atoms with Gasteiger partial charge in [-0.3, -0.25) is 4.79 Å². The number of hydrogen-bond donors (Lipinski definition) is 0. The second kappa shape index (κ2) is 8.28. The molecule has 1 heterocycles. The standard InChI is InChI=1S/C21H31NO3Si/c1-21(2,3)26(5,6)22-18(15-20(22)23)9-7-8-14-25-16-17-10-12-19(24-4)13-11-17/h10-13,18H,9,14-16H2,1-6H3. The molecule has 0 radical (unpaired) electrons. The van der Waals surface area contributed by atoms with Crippen LogP contribution in [0.3, 0.4) is 0 Å². The molecule has 1 aromatic rings. The summed E-state index contributed by atoms with van der Waals surface area (Å²) in [5.41, 5.74) is 1.10. The molecule has 1 fully saturated rings. The van der Waals surface area contributed by atoms with Crippen LogP contribution in [0.25, 0.3) is 0 Å². The molecule has 1 saturated heterocycles. The van der Waals surface area contributed by atoms with Crippen LogP contribution in [0, 0.1) is 11.8 Å². The number of benzene rings is 1. The van der Waals surface area contributed by atoms with E-state index in [1.54, 1.807) is 7.11 Å². The van der Waals surface area contributed by atoms with Crippen molar-refractivity contribution in [3.8, 4) is 17.6 Å². The molecule has 1 unspecified atom stereocenters. The van der Waals surface area contributed by atoms with Crippen molar-refractivity contribution in [3.05, 3.63) is 29.8 Å². The average molecular weight is 374 g/mol. The van der Waals surface area contributed by atoms with Crippen LogP contribution in [-0.4, -0.2) is 38.5 Å². The third kappa shape index (κ3) is 4.69. The van der Waals surface area contributed by atoms with Gasteiger partial charge in [-0.15, -0.1) is 0 Å². The van der Waals surface area contributed by atoms with E-state index in [2.05, 4.69) is 50.3 Å². The lowest BCUT2D eigenvalue weighted by molar-refractivity contribution is -0.138. The van der Waals surface area contributed by atoms with Gasteiger partial charge in [-0.2, -0.15) is 0 Å². The normalized spacial score (nSPS) is 17.4. The van der Waals surface area contributed by atoms with Gasteiger partial charge in [0, 0.05) is 18.9 Å². The van der Waals surface area contributed by atoms with E-state index in [-0.39, 0.29) is 11.1 Å². The van der Waals surface area contributed by atoms with Gasteiger partial charge in [0.25, 0.3) is 0 Å². The molecule has 0 bridgehead atoms. The smallest absolute Gasteiger partial charge is 0.217 e. The molecule has 4 nitrogen and oxygen atoms in total. The molecule has 0 aromatic heterocycles. The van der Waals surface area contributed by atoms with E-state index < -0.39 is 8.24 Å². The Bertz CT molecular complexity index is 680. The molecule has 1 amide bonds. The van der Waals surface area contributed by atoms with Crippen LogP contribution in [0.2, 0.25) is 18.1 Å². The molecule has 1 aromatic carbocycles. The fourth-order valence-electron chi connectivity index (χ4n) is 2.96. The van der Waals surface area contributed by atoms with Crippen LogP contribution >= 0.6 is 0 Å². The molecule has 0 spiro atoms. The number of carbonyl (C=O) groups is 1. The maximum atomic E-state index is 12.2. The quantitative estimate of drug-likeness (QED) is 0.324. The van der Waals surface area contributed by atoms with Gasteiger partial charge in [0.15, 0.2) is 8.24 Å². The molecule has 1 atom stereocenters. The molecule has 2 rings (SSSR count). The number of nitrogens with zero attached hydrogens (tertiary/aromatic N) is 1. The molecular formula is C21H31NO3Si. The zero-order valence-corrected chi connectivity index (χ0v) is 17.9. The minimum atomic E-state index is -1.80. The summed E-state index contributed by atoms with van der Waals surface area (Å²) >= 11 is 0. The van der Waals surface area contributed by atoms with Gasteiger partial charge in [-0.1, -0.05) is 57.8 Å². The largest absolute Gasteiger partial charge is 0.497 e. The molecule has 142 valence electrons. The summed E-state index contributed by atoms with van der Waals surface area (Å²) in [5.74, 6) is 7.42. The molecular weight excluding hydrogens is 342 g/mol. The van der Waals surface area contributed by atoms with E-state index in [1.165, 1.54) is 0 Å². The Kier molecular flexibility index (Phi) is 6.54. The fraction of sp³-hybridized carbons (Fsp3) is 0.571. The van der Waals surface area contributed by atoms with E-state index in [4.69, 9.17) is 9.47 Å². The van der Waals surface area contributed by atoms with Crippen LogP contribution in [0.4, 0.5) is 0 Å². The highest BCUT2D eigenvalue weighted by molar-refractivity contribution is 6.79. The summed E-state index contributed by atoms with van der Waals surface area (Å²) in [5, 5.41) is 0.163. The van der Waals surface area contributed by atoms with Crippen molar-refractivity contribution < 1.29 is 14.3 Å². The zero-order valence-electron chi connectivity index (χ0n) is 16.9. The Balaban J connectivity index is 1.78. The van der Waals surface area contributed by atoms with Crippen LogP contribution in [0.1, 0.15) is 39.2 Å². The highest BCUT2D eigenvalue weighted by atomic mass is 28.3. The minimum absolute atomic E-state index is 0.163. The first kappa shape index (κ1) is 20.5. The summed E-state index contributed by atoms with van der Waals surface area (Å²) in [4.78, 5) is 12.2. The zero-order chi connectivity index (χ0) is 19.4. The third-order valence-corrected chi connectivity index (χ3v) is 11.0. The molecule has 0 saturated carbocycles. The topological polar surface area (TPSA) is 38.8 Å². The van der Waals surface area contributed by atoms with Crippen molar-refractivity contribution in [3.63, 3.8) is 0 Å².